The number of fused-ring (bicyclic) bond motifs is 1. The largest absolute Gasteiger partial charge is 0.280 e. The zero-order valence-corrected chi connectivity index (χ0v) is 19.1. The van der Waals surface area contributed by atoms with Gasteiger partial charge in [-0.05, 0) is 54.6 Å². The van der Waals surface area contributed by atoms with Gasteiger partial charge < -0.3 is 0 Å². The average Bonchev–Trinajstić information content (AvgIpc) is 3.24. The predicted molar refractivity (Wildman–Crippen MR) is 127 cm³/mol. The molecule has 2 aromatic carbocycles. The summed E-state index contributed by atoms with van der Waals surface area (Å²) < 4.78 is 29.9. The molecule has 0 atom stereocenters. The maximum atomic E-state index is 12.9. The molecule has 0 unspecified atom stereocenters. The Labute approximate surface area is 198 Å². The molecule has 0 aliphatic carbocycles. The van der Waals surface area contributed by atoms with Gasteiger partial charge in [0.1, 0.15) is 10.6 Å². The first-order valence-corrected chi connectivity index (χ1v) is 11.9. The fourth-order valence-electron chi connectivity index (χ4n) is 3.23. The van der Waals surface area contributed by atoms with Crippen molar-refractivity contribution in [3.63, 3.8) is 0 Å². The quantitative estimate of drug-likeness (QED) is 0.368. The molecule has 0 radical (unpaired) electrons. The van der Waals surface area contributed by atoms with Gasteiger partial charge in [-0.3, -0.25) is 9.71 Å². The number of hydrogen-bond acceptors (Lipinski definition) is 6. The highest BCUT2D eigenvalue weighted by Gasteiger charge is 2.19. The number of benzene rings is 2. The molecule has 3 heterocycles. The van der Waals surface area contributed by atoms with Crippen molar-refractivity contribution >= 4 is 44.6 Å². The van der Waals surface area contributed by atoms with Crippen LogP contribution in [0.25, 0.3) is 28.4 Å². The Morgan fingerprint density at radius 1 is 0.848 bits per heavy atom. The Balaban J connectivity index is 1.51. The molecule has 1 N–H and O–H groups in total. The Morgan fingerprint density at radius 2 is 1.73 bits per heavy atom. The van der Waals surface area contributed by atoms with E-state index in [2.05, 4.69) is 25.0 Å². The number of halogens is 2. The Morgan fingerprint density at radius 3 is 2.55 bits per heavy atom. The standard InChI is InChI=1S/C22H14Cl2N6O2S/c23-15-7-8-17(24)20(13-15)33(31,32)29-16-5-3-4-14(12-16)18-9-10-21-26-27-22(30(21)28-18)19-6-1-2-11-25-19/h1-13,29H. The summed E-state index contributed by atoms with van der Waals surface area (Å²) in [6.45, 7) is 0. The maximum absolute atomic E-state index is 12.9. The Hall–Kier alpha value is -3.53. The highest BCUT2D eigenvalue weighted by molar-refractivity contribution is 7.92. The minimum atomic E-state index is -3.95. The van der Waals surface area contributed by atoms with Gasteiger partial charge in [-0.15, -0.1) is 10.2 Å². The minimum Gasteiger partial charge on any atom is -0.280 e. The third kappa shape index (κ3) is 4.25. The molecule has 0 aliphatic rings. The topological polar surface area (TPSA) is 102 Å². The van der Waals surface area contributed by atoms with Gasteiger partial charge >= 0.3 is 0 Å². The van der Waals surface area contributed by atoms with Crippen LogP contribution < -0.4 is 4.72 Å². The third-order valence-electron chi connectivity index (χ3n) is 4.75. The molecule has 0 spiro atoms. The molecule has 0 bridgehead atoms. The maximum Gasteiger partial charge on any atom is 0.263 e. The fourth-order valence-corrected chi connectivity index (χ4v) is 5.05. The van der Waals surface area contributed by atoms with Crippen LogP contribution in [-0.4, -0.2) is 33.2 Å². The van der Waals surface area contributed by atoms with E-state index in [1.165, 1.54) is 18.2 Å². The highest BCUT2D eigenvalue weighted by Crippen LogP contribution is 2.28. The minimum absolute atomic E-state index is 0.0739. The number of nitrogens with zero attached hydrogens (tertiary/aromatic N) is 5. The third-order valence-corrected chi connectivity index (χ3v) is 6.85. The van der Waals surface area contributed by atoms with Gasteiger partial charge in [-0.1, -0.05) is 41.4 Å². The van der Waals surface area contributed by atoms with Crippen molar-refractivity contribution in [3.05, 3.63) is 89.0 Å². The summed E-state index contributed by atoms with van der Waals surface area (Å²) in [6, 6.07) is 20.2. The van der Waals surface area contributed by atoms with Crippen LogP contribution >= 0.6 is 23.2 Å². The lowest BCUT2D eigenvalue weighted by Crippen LogP contribution is -2.13. The van der Waals surface area contributed by atoms with E-state index in [0.717, 1.165) is 0 Å². The van der Waals surface area contributed by atoms with Crippen LogP contribution in [0.5, 0.6) is 0 Å². The molecule has 11 heteroatoms. The second-order valence-corrected chi connectivity index (χ2v) is 9.48. The van der Waals surface area contributed by atoms with Gasteiger partial charge in [-0.25, -0.2) is 8.42 Å². The second kappa shape index (κ2) is 8.43. The van der Waals surface area contributed by atoms with E-state index in [-0.39, 0.29) is 14.9 Å². The summed E-state index contributed by atoms with van der Waals surface area (Å²) in [5.41, 5.74) is 2.83. The number of nitrogens with one attached hydrogen (secondary N) is 1. The number of pyridine rings is 1. The number of sulfonamides is 1. The molecule has 164 valence electrons. The van der Waals surface area contributed by atoms with Gasteiger partial charge in [-0.2, -0.15) is 9.61 Å². The summed E-state index contributed by atoms with van der Waals surface area (Å²) in [4.78, 5) is 4.20. The van der Waals surface area contributed by atoms with Crippen molar-refractivity contribution in [2.45, 2.75) is 4.90 Å². The molecule has 3 aromatic heterocycles. The van der Waals surface area contributed by atoms with Crippen LogP contribution in [0, 0.1) is 0 Å². The van der Waals surface area contributed by atoms with Crippen molar-refractivity contribution in [1.82, 2.24) is 24.8 Å². The normalized spacial score (nSPS) is 11.6. The van der Waals surface area contributed by atoms with Crippen molar-refractivity contribution in [2.24, 2.45) is 0 Å². The Bertz CT molecular complexity index is 1590. The zero-order chi connectivity index (χ0) is 23.0. The summed E-state index contributed by atoms with van der Waals surface area (Å²) in [7, 11) is -3.95. The van der Waals surface area contributed by atoms with E-state index in [1.807, 2.05) is 24.3 Å². The number of rotatable bonds is 5. The molecule has 0 saturated heterocycles. The monoisotopic (exact) mass is 496 g/mol. The first-order chi connectivity index (χ1) is 15.9. The number of aromatic nitrogens is 5. The van der Waals surface area contributed by atoms with Gasteiger partial charge in [0.25, 0.3) is 10.0 Å². The molecule has 0 fully saturated rings. The molecular formula is C22H14Cl2N6O2S. The second-order valence-electron chi connectivity index (χ2n) is 6.99. The first kappa shape index (κ1) is 21.3. The predicted octanol–water partition coefficient (Wildman–Crippen LogP) is 4.96. The van der Waals surface area contributed by atoms with Crippen LogP contribution in [0.15, 0.2) is 83.9 Å². The van der Waals surface area contributed by atoms with Crippen LogP contribution in [0.1, 0.15) is 0 Å². The van der Waals surface area contributed by atoms with Gasteiger partial charge in [0.15, 0.2) is 5.65 Å². The molecule has 0 saturated carbocycles. The van der Waals surface area contributed by atoms with Crippen molar-refractivity contribution in [1.29, 1.82) is 0 Å². The van der Waals surface area contributed by atoms with Crippen LogP contribution in [0.2, 0.25) is 10.0 Å². The fraction of sp³-hybridized carbons (Fsp3) is 0. The molecule has 5 aromatic rings. The number of hydrogen-bond donors (Lipinski definition) is 1. The summed E-state index contributed by atoms with van der Waals surface area (Å²) >= 11 is 12.0. The van der Waals surface area contributed by atoms with E-state index in [4.69, 9.17) is 23.2 Å². The highest BCUT2D eigenvalue weighted by atomic mass is 35.5. The average molecular weight is 497 g/mol. The summed E-state index contributed by atoms with van der Waals surface area (Å²) in [5.74, 6) is 0.500. The van der Waals surface area contributed by atoms with E-state index in [0.29, 0.717) is 34.1 Å². The smallest absolute Gasteiger partial charge is 0.263 e. The SMILES string of the molecule is O=S(=O)(Nc1cccc(-c2ccc3nnc(-c4ccccn4)n3n2)c1)c1cc(Cl)ccc1Cl. The van der Waals surface area contributed by atoms with Crippen molar-refractivity contribution in [2.75, 3.05) is 4.72 Å². The molecule has 5 rings (SSSR count). The first-order valence-electron chi connectivity index (χ1n) is 9.63. The lowest BCUT2D eigenvalue weighted by Gasteiger charge is -2.11. The summed E-state index contributed by atoms with van der Waals surface area (Å²) in [5, 5.41) is 13.3. The van der Waals surface area contributed by atoms with E-state index in [9.17, 15) is 8.42 Å². The molecule has 33 heavy (non-hydrogen) atoms. The molecular weight excluding hydrogens is 483 g/mol. The van der Waals surface area contributed by atoms with Gasteiger partial charge in [0, 0.05) is 22.5 Å². The van der Waals surface area contributed by atoms with E-state index >= 15 is 0 Å². The van der Waals surface area contributed by atoms with E-state index < -0.39 is 10.0 Å². The van der Waals surface area contributed by atoms with Gasteiger partial charge in [0.05, 0.1) is 10.7 Å². The summed E-state index contributed by atoms with van der Waals surface area (Å²) in [6.07, 6.45) is 1.67. The van der Waals surface area contributed by atoms with Crippen molar-refractivity contribution < 1.29 is 8.42 Å². The Kier molecular flexibility index (Phi) is 5.45. The lowest BCUT2D eigenvalue weighted by molar-refractivity contribution is 0.601. The van der Waals surface area contributed by atoms with Crippen molar-refractivity contribution in [3.8, 4) is 22.8 Å². The van der Waals surface area contributed by atoms with E-state index in [1.54, 1.807) is 41.0 Å². The number of anilines is 1. The molecule has 8 nitrogen and oxygen atoms in total. The molecule has 0 amide bonds. The van der Waals surface area contributed by atoms with Crippen LogP contribution in [0.4, 0.5) is 5.69 Å². The van der Waals surface area contributed by atoms with Gasteiger partial charge in [0.2, 0.25) is 5.82 Å². The lowest BCUT2D eigenvalue weighted by atomic mass is 10.1. The van der Waals surface area contributed by atoms with Crippen LogP contribution in [-0.2, 0) is 10.0 Å². The zero-order valence-electron chi connectivity index (χ0n) is 16.7. The van der Waals surface area contributed by atoms with Crippen LogP contribution in [0.3, 0.4) is 0 Å². The molecule has 0 aliphatic heterocycles.